The summed E-state index contributed by atoms with van der Waals surface area (Å²) in [4.78, 5) is 11.5. The topological polar surface area (TPSA) is 35.5 Å². The van der Waals surface area contributed by atoms with E-state index in [2.05, 4.69) is 0 Å². The lowest BCUT2D eigenvalue weighted by Crippen LogP contribution is -2.52. The summed E-state index contributed by atoms with van der Waals surface area (Å²) in [5, 5.41) is 0. The third-order valence-corrected chi connectivity index (χ3v) is 3.45. The molecule has 0 aromatic heterocycles. The molecule has 80 valence electrons. The smallest absolute Gasteiger partial charge is 0.138 e. The van der Waals surface area contributed by atoms with Crippen molar-refractivity contribution < 1.29 is 14.3 Å². The minimum absolute atomic E-state index is 0.125. The second kappa shape index (κ2) is 3.99. The lowest BCUT2D eigenvalue weighted by molar-refractivity contribution is -0.180. The molecular formula is C11H18O3. The number of Topliss-reactive ketones (excluding diaryl/α,β-unsaturated/α-hetero) is 1. The molecule has 2 unspecified atom stereocenters. The van der Waals surface area contributed by atoms with Crippen LogP contribution in [0, 0.1) is 0 Å². The van der Waals surface area contributed by atoms with Gasteiger partial charge in [-0.2, -0.15) is 0 Å². The van der Waals surface area contributed by atoms with Crippen molar-refractivity contribution in [1.82, 2.24) is 0 Å². The number of rotatable bonds is 1. The Morgan fingerprint density at radius 2 is 2.36 bits per heavy atom. The Hall–Kier alpha value is -0.410. The zero-order valence-corrected chi connectivity index (χ0v) is 8.75. The zero-order valence-electron chi connectivity index (χ0n) is 8.75. The van der Waals surface area contributed by atoms with Crippen molar-refractivity contribution in [2.24, 2.45) is 0 Å². The van der Waals surface area contributed by atoms with E-state index in [0.717, 1.165) is 19.3 Å². The quantitative estimate of drug-likeness (QED) is 0.643. The van der Waals surface area contributed by atoms with Gasteiger partial charge >= 0.3 is 0 Å². The van der Waals surface area contributed by atoms with E-state index in [-0.39, 0.29) is 11.7 Å². The van der Waals surface area contributed by atoms with Gasteiger partial charge in [-0.05, 0) is 12.8 Å². The van der Waals surface area contributed by atoms with E-state index in [4.69, 9.17) is 9.47 Å². The fourth-order valence-electron chi connectivity index (χ4n) is 2.72. The Balaban J connectivity index is 2.12. The second-order valence-electron chi connectivity index (χ2n) is 4.35. The molecule has 1 aliphatic heterocycles. The van der Waals surface area contributed by atoms with Crippen molar-refractivity contribution >= 4 is 5.78 Å². The summed E-state index contributed by atoms with van der Waals surface area (Å²) in [6.07, 6.45) is 5.64. The third-order valence-electron chi connectivity index (χ3n) is 3.45. The average molecular weight is 198 g/mol. The van der Waals surface area contributed by atoms with Crippen LogP contribution < -0.4 is 0 Å². The van der Waals surface area contributed by atoms with Crippen LogP contribution in [0.5, 0.6) is 0 Å². The van der Waals surface area contributed by atoms with Crippen molar-refractivity contribution in [1.29, 1.82) is 0 Å². The SMILES string of the molecule is COC1CCCCC12CC(=O)CCO2. The molecule has 1 saturated carbocycles. The summed E-state index contributed by atoms with van der Waals surface area (Å²) in [6.45, 7) is 0.582. The first-order valence-electron chi connectivity index (χ1n) is 5.45. The first-order valence-corrected chi connectivity index (χ1v) is 5.45. The van der Waals surface area contributed by atoms with Gasteiger partial charge in [-0.1, -0.05) is 12.8 Å². The van der Waals surface area contributed by atoms with Crippen LogP contribution in [0.4, 0.5) is 0 Å². The largest absolute Gasteiger partial charge is 0.378 e. The average Bonchev–Trinajstić information content (AvgIpc) is 2.18. The summed E-state index contributed by atoms with van der Waals surface area (Å²) in [5.74, 6) is 0.334. The van der Waals surface area contributed by atoms with Crippen molar-refractivity contribution in [3.63, 3.8) is 0 Å². The van der Waals surface area contributed by atoms with E-state index in [1.165, 1.54) is 6.42 Å². The first kappa shape index (κ1) is 10.1. The van der Waals surface area contributed by atoms with E-state index in [1.54, 1.807) is 7.11 Å². The molecule has 3 heteroatoms. The standard InChI is InChI=1S/C11H18O3/c1-13-10-4-2-3-6-11(10)8-9(12)5-7-14-11/h10H,2-8H2,1H3. The molecule has 0 bridgehead atoms. The molecule has 0 amide bonds. The minimum Gasteiger partial charge on any atom is -0.378 e. The summed E-state index contributed by atoms with van der Waals surface area (Å²) < 4.78 is 11.3. The summed E-state index contributed by atoms with van der Waals surface area (Å²) in [5.41, 5.74) is -0.275. The molecule has 0 aromatic rings. The van der Waals surface area contributed by atoms with Crippen LogP contribution in [-0.2, 0) is 14.3 Å². The van der Waals surface area contributed by atoms with Crippen molar-refractivity contribution in [2.45, 2.75) is 50.2 Å². The highest BCUT2D eigenvalue weighted by molar-refractivity contribution is 5.80. The predicted molar refractivity (Wildman–Crippen MR) is 52.2 cm³/mol. The van der Waals surface area contributed by atoms with Gasteiger partial charge in [0, 0.05) is 20.0 Å². The van der Waals surface area contributed by atoms with E-state index in [0.29, 0.717) is 25.2 Å². The van der Waals surface area contributed by atoms with E-state index in [9.17, 15) is 4.79 Å². The molecule has 1 spiro atoms. The molecule has 3 nitrogen and oxygen atoms in total. The van der Waals surface area contributed by atoms with Crippen molar-refractivity contribution in [3.05, 3.63) is 0 Å². The molecule has 1 heterocycles. The van der Waals surface area contributed by atoms with Gasteiger partial charge in [-0.3, -0.25) is 4.79 Å². The summed E-state index contributed by atoms with van der Waals surface area (Å²) in [7, 11) is 1.72. The predicted octanol–water partition coefficient (Wildman–Crippen LogP) is 1.69. The van der Waals surface area contributed by atoms with Gasteiger partial charge in [-0.25, -0.2) is 0 Å². The highest BCUT2D eigenvalue weighted by atomic mass is 16.5. The summed E-state index contributed by atoms with van der Waals surface area (Å²) in [6, 6.07) is 0. The first-order chi connectivity index (χ1) is 6.77. The molecule has 2 rings (SSSR count). The van der Waals surface area contributed by atoms with E-state index >= 15 is 0 Å². The van der Waals surface area contributed by atoms with Crippen LogP contribution in [0.25, 0.3) is 0 Å². The fourth-order valence-corrected chi connectivity index (χ4v) is 2.72. The number of ketones is 1. The number of ether oxygens (including phenoxy) is 2. The zero-order chi connectivity index (χ0) is 10.0. The molecule has 0 N–H and O–H groups in total. The maximum Gasteiger partial charge on any atom is 0.138 e. The Kier molecular flexibility index (Phi) is 2.88. The van der Waals surface area contributed by atoms with Gasteiger partial charge in [0.2, 0.25) is 0 Å². The van der Waals surface area contributed by atoms with Gasteiger partial charge in [0.1, 0.15) is 11.4 Å². The Morgan fingerprint density at radius 1 is 1.50 bits per heavy atom. The molecule has 14 heavy (non-hydrogen) atoms. The van der Waals surface area contributed by atoms with Crippen LogP contribution in [0.15, 0.2) is 0 Å². The van der Waals surface area contributed by atoms with Crippen LogP contribution in [0.3, 0.4) is 0 Å². The van der Waals surface area contributed by atoms with Gasteiger partial charge in [0.05, 0.1) is 12.7 Å². The minimum atomic E-state index is -0.275. The van der Waals surface area contributed by atoms with Gasteiger partial charge in [0.25, 0.3) is 0 Å². The molecule has 1 saturated heterocycles. The molecule has 0 radical (unpaired) electrons. The highest BCUT2D eigenvalue weighted by Crippen LogP contribution is 2.38. The molecule has 2 aliphatic rings. The third kappa shape index (κ3) is 1.71. The van der Waals surface area contributed by atoms with Crippen molar-refractivity contribution in [3.8, 4) is 0 Å². The maximum absolute atomic E-state index is 11.5. The molecule has 2 fully saturated rings. The lowest BCUT2D eigenvalue weighted by atomic mass is 9.77. The number of hydrogen-bond donors (Lipinski definition) is 0. The molecule has 1 aliphatic carbocycles. The van der Waals surface area contributed by atoms with E-state index in [1.807, 2.05) is 0 Å². The van der Waals surface area contributed by atoms with Crippen LogP contribution >= 0.6 is 0 Å². The summed E-state index contributed by atoms with van der Waals surface area (Å²) >= 11 is 0. The number of methoxy groups -OCH3 is 1. The molecular weight excluding hydrogens is 180 g/mol. The molecule has 2 atom stereocenters. The van der Waals surface area contributed by atoms with Crippen LogP contribution in [0.1, 0.15) is 38.5 Å². The van der Waals surface area contributed by atoms with Gasteiger partial charge in [-0.15, -0.1) is 0 Å². The van der Waals surface area contributed by atoms with Crippen molar-refractivity contribution in [2.75, 3.05) is 13.7 Å². The van der Waals surface area contributed by atoms with Gasteiger partial charge in [0.15, 0.2) is 0 Å². The van der Waals surface area contributed by atoms with E-state index < -0.39 is 0 Å². The highest BCUT2D eigenvalue weighted by Gasteiger charge is 2.45. The Labute approximate surface area is 84.8 Å². The normalized spacial score (nSPS) is 38.9. The monoisotopic (exact) mass is 198 g/mol. The molecule has 0 aromatic carbocycles. The van der Waals surface area contributed by atoms with Crippen LogP contribution in [-0.4, -0.2) is 31.2 Å². The number of carbonyl (C=O) groups excluding carboxylic acids is 1. The number of hydrogen-bond acceptors (Lipinski definition) is 3. The number of carbonyl (C=O) groups is 1. The Bertz CT molecular complexity index is 223. The Morgan fingerprint density at radius 3 is 3.07 bits per heavy atom. The second-order valence-corrected chi connectivity index (χ2v) is 4.35. The lowest BCUT2D eigenvalue weighted by Gasteiger charge is -2.44. The van der Waals surface area contributed by atoms with Crippen LogP contribution in [0.2, 0.25) is 0 Å². The fraction of sp³-hybridized carbons (Fsp3) is 0.909. The maximum atomic E-state index is 11.5. The van der Waals surface area contributed by atoms with Gasteiger partial charge < -0.3 is 9.47 Å².